The largest absolute Gasteiger partial charge is 0.369 e. The molecule has 0 fully saturated rings. The zero-order valence-corrected chi connectivity index (χ0v) is 16.9. The van der Waals surface area contributed by atoms with E-state index in [1.165, 1.54) is 5.56 Å². The van der Waals surface area contributed by atoms with Gasteiger partial charge in [0.25, 0.3) is 0 Å². The van der Waals surface area contributed by atoms with Gasteiger partial charge in [-0.05, 0) is 43.3 Å². The Kier molecular flexibility index (Phi) is 5.38. The van der Waals surface area contributed by atoms with E-state index >= 15 is 0 Å². The minimum atomic E-state index is 0.109. The zero-order chi connectivity index (χ0) is 19.6. The number of aldehydes is 1. The maximum absolute atomic E-state index is 11.9. The van der Waals surface area contributed by atoms with Crippen molar-refractivity contribution in [2.24, 2.45) is 0 Å². The van der Waals surface area contributed by atoms with Crippen molar-refractivity contribution in [3.8, 4) is 5.69 Å². The van der Waals surface area contributed by atoms with Crippen LogP contribution in [0.2, 0.25) is 0 Å². The van der Waals surface area contributed by atoms with Crippen molar-refractivity contribution in [1.29, 1.82) is 0 Å². The fourth-order valence-electron chi connectivity index (χ4n) is 3.34. The third-order valence-corrected chi connectivity index (χ3v) is 4.87. The van der Waals surface area contributed by atoms with Gasteiger partial charge in [-0.25, -0.2) is 0 Å². The minimum absolute atomic E-state index is 0.109. The van der Waals surface area contributed by atoms with E-state index in [0.717, 1.165) is 41.8 Å². The molecule has 27 heavy (non-hydrogen) atoms. The molecular formula is C23H29N3O. The third kappa shape index (κ3) is 3.91. The second-order valence-electron chi connectivity index (χ2n) is 8.26. The first-order chi connectivity index (χ1) is 12.8. The number of anilines is 1. The highest BCUT2D eigenvalue weighted by molar-refractivity contribution is 6.04. The van der Waals surface area contributed by atoms with Crippen LogP contribution < -0.4 is 5.32 Å². The molecule has 1 N–H and O–H groups in total. The molecule has 4 heteroatoms. The van der Waals surface area contributed by atoms with Crippen LogP contribution in [-0.4, -0.2) is 42.9 Å². The second-order valence-corrected chi connectivity index (χ2v) is 8.26. The number of fused-ring (bicyclic) bond motifs is 1. The lowest BCUT2D eigenvalue weighted by molar-refractivity contribution is 0.112. The van der Waals surface area contributed by atoms with Gasteiger partial charge in [0.15, 0.2) is 6.29 Å². The average Bonchev–Trinajstić information content (AvgIpc) is 2.94. The van der Waals surface area contributed by atoms with Gasteiger partial charge in [0, 0.05) is 24.2 Å². The van der Waals surface area contributed by atoms with Gasteiger partial charge in [0.05, 0.1) is 11.1 Å². The molecule has 0 unspecified atom stereocenters. The molecule has 0 aliphatic carbocycles. The Morgan fingerprint density at radius 1 is 1.04 bits per heavy atom. The number of carbonyl (C=O) groups is 1. The number of benzene rings is 2. The summed E-state index contributed by atoms with van der Waals surface area (Å²) in [6.45, 7) is 8.30. The molecule has 0 saturated heterocycles. The van der Waals surface area contributed by atoms with Crippen molar-refractivity contribution in [2.45, 2.75) is 26.2 Å². The van der Waals surface area contributed by atoms with E-state index in [4.69, 9.17) is 0 Å². The Labute approximate surface area is 161 Å². The maximum atomic E-state index is 11.9. The van der Waals surface area contributed by atoms with Crippen LogP contribution in [0, 0.1) is 0 Å². The van der Waals surface area contributed by atoms with Crippen LogP contribution in [0.3, 0.4) is 0 Å². The molecule has 2 aromatic carbocycles. The predicted molar refractivity (Wildman–Crippen MR) is 114 cm³/mol. The van der Waals surface area contributed by atoms with Gasteiger partial charge in [0.1, 0.15) is 5.82 Å². The number of hydrogen-bond acceptors (Lipinski definition) is 3. The van der Waals surface area contributed by atoms with Gasteiger partial charge >= 0.3 is 0 Å². The summed E-state index contributed by atoms with van der Waals surface area (Å²) in [5.74, 6) is 0.858. The number of hydrogen-bond donors (Lipinski definition) is 1. The number of nitrogens with one attached hydrogen (secondary N) is 1. The first kappa shape index (κ1) is 19.2. The summed E-state index contributed by atoms with van der Waals surface area (Å²) in [6.07, 6.45) is 0.959. The molecule has 3 rings (SSSR count). The van der Waals surface area contributed by atoms with Gasteiger partial charge in [0.2, 0.25) is 0 Å². The van der Waals surface area contributed by atoms with Gasteiger partial charge in [-0.1, -0.05) is 51.1 Å². The van der Waals surface area contributed by atoms with E-state index in [0.29, 0.717) is 5.56 Å². The van der Waals surface area contributed by atoms with Crippen LogP contribution in [-0.2, 0) is 5.41 Å². The van der Waals surface area contributed by atoms with Crippen molar-refractivity contribution in [3.63, 3.8) is 0 Å². The summed E-state index contributed by atoms with van der Waals surface area (Å²) in [4.78, 5) is 14.0. The number of nitrogens with zero attached hydrogens (tertiary/aromatic N) is 2. The van der Waals surface area contributed by atoms with Gasteiger partial charge in [-0.2, -0.15) is 0 Å². The van der Waals surface area contributed by atoms with Crippen LogP contribution in [0.1, 0.15) is 36.7 Å². The molecule has 0 spiro atoms. The van der Waals surface area contributed by atoms with E-state index < -0.39 is 0 Å². The summed E-state index contributed by atoms with van der Waals surface area (Å²) in [7, 11) is 4.09. The van der Waals surface area contributed by atoms with Crippen molar-refractivity contribution in [3.05, 3.63) is 59.7 Å². The lowest BCUT2D eigenvalue weighted by Crippen LogP contribution is -2.22. The maximum Gasteiger partial charge on any atom is 0.154 e. The quantitative estimate of drug-likeness (QED) is 0.644. The SMILES string of the molecule is CN(C)CCNc1c(C=O)c2ccccc2n1-c1ccc(C(C)(C)C)cc1. The molecule has 1 heterocycles. The van der Waals surface area contributed by atoms with E-state index in [1.807, 2.05) is 32.3 Å². The lowest BCUT2D eigenvalue weighted by Gasteiger charge is -2.20. The van der Waals surface area contributed by atoms with E-state index in [1.54, 1.807) is 0 Å². The van der Waals surface area contributed by atoms with E-state index in [2.05, 4.69) is 65.9 Å². The van der Waals surface area contributed by atoms with Gasteiger partial charge in [-0.3, -0.25) is 9.36 Å². The summed E-state index contributed by atoms with van der Waals surface area (Å²) < 4.78 is 2.15. The van der Waals surface area contributed by atoms with Crippen LogP contribution in [0.4, 0.5) is 5.82 Å². The Morgan fingerprint density at radius 3 is 2.30 bits per heavy atom. The Morgan fingerprint density at radius 2 is 1.70 bits per heavy atom. The number of para-hydroxylation sites is 1. The lowest BCUT2D eigenvalue weighted by atomic mass is 9.87. The Bertz CT molecular complexity index is 931. The van der Waals surface area contributed by atoms with Crippen molar-refractivity contribution in [2.75, 3.05) is 32.5 Å². The van der Waals surface area contributed by atoms with Gasteiger partial charge < -0.3 is 10.2 Å². The second kappa shape index (κ2) is 7.57. The number of likely N-dealkylation sites (N-methyl/N-ethyl adjacent to an activating group) is 1. The van der Waals surface area contributed by atoms with Crippen LogP contribution >= 0.6 is 0 Å². The first-order valence-corrected chi connectivity index (χ1v) is 9.41. The summed E-state index contributed by atoms with van der Waals surface area (Å²) >= 11 is 0. The van der Waals surface area contributed by atoms with E-state index in [-0.39, 0.29) is 5.41 Å². The highest BCUT2D eigenvalue weighted by Gasteiger charge is 2.19. The molecule has 4 nitrogen and oxygen atoms in total. The highest BCUT2D eigenvalue weighted by Crippen LogP contribution is 2.33. The fraction of sp³-hybridized carbons (Fsp3) is 0.348. The predicted octanol–water partition coefficient (Wildman–Crippen LogP) is 4.71. The standard InChI is InChI=1S/C23H29N3O/c1-23(2,3)17-10-12-18(13-11-17)26-21-9-7-6-8-19(21)20(16-27)22(26)24-14-15-25(4)5/h6-13,16,24H,14-15H2,1-5H3. The monoisotopic (exact) mass is 363 g/mol. The topological polar surface area (TPSA) is 37.3 Å². The summed E-state index contributed by atoms with van der Waals surface area (Å²) in [6, 6.07) is 16.7. The molecule has 1 aromatic heterocycles. The Balaban J connectivity index is 2.13. The Hall–Kier alpha value is -2.59. The molecule has 0 radical (unpaired) electrons. The molecule has 0 aliphatic rings. The summed E-state index contributed by atoms with van der Waals surface area (Å²) in [5, 5.41) is 4.46. The van der Waals surface area contributed by atoms with Crippen LogP contribution in [0.25, 0.3) is 16.6 Å². The van der Waals surface area contributed by atoms with Crippen molar-refractivity contribution in [1.82, 2.24) is 9.47 Å². The molecule has 142 valence electrons. The van der Waals surface area contributed by atoms with Crippen LogP contribution in [0.15, 0.2) is 48.5 Å². The molecule has 3 aromatic rings. The molecule has 0 aliphatic heterocycles. The molecular weight excluding hydrogens is 334 g/mol. The highest BCUT2D eigenvalue weighted by atomic mass is 16.1. The number of rotatable bonds is 6. The van der Waals surface area contributed by atoms with Crippen molar-refractivity contribution < 1.29 is 4.79 Å². The molecule has 0 bridgehead atoms. The number of aromatic nitrogens is 1. The van der Waals surface area contributed by atoms with Gasteiger partial charge in [-0.15, -0.1) is 0 Å². The summed E-state index contributed by atoms with van der Waals surface area (Å²) in [5.41, 5.74) is 4.21. The van der Waals surface area contributed by atoms with Crippen LogP contribution in [0.5, 0.6) is 0 Å². The zero-order valence-electron chi connectivity index (χ0n) is 16.9. The van der Waals surface area contributed by atoms with E-state index in [9.17, 15) is 4.79 Å². The van der Waals surface area contributed by atoms with Crippen molar-refractivity contribution >= 4 is 23.0 Å². The minimum Gasteiger partial charge on any atom is -0.369 e. The molecule has 0 saturated carbocycles. The fourth-order valence-corrected chi connectivity index (χ4v) is 3.34. The normalized spacial score (nSPS) is 11.9. The average molecular weight is 364 g/mol. The molecule has 0 amide bonds. The smallest absolute Gasteiger partial charge is 0.154 e. The number of carbonyl (C=O) groups excluding carboxylic acids is 1. The first-order valence-electron chi connectivity index (χ1n) is 9.41. The third-order valence-electron chi connectivity index (χ3n) is 4.87. The molecule has 0 atom stereocenters.